The molecule has 0 spiro atoms. The van der Waals surface area contributed by atoms with Crippen molar-refractivity contribution in [3.63, 3.8) is 0 Å². The summed E-state index contributed by atoms with van der Waals surface area (Å²) in [5.41, 5.74) is 0. The molecule has 1 aliphatic carbocycles. The molecule has 0 aromatic heterocycles. The third-order valence-electron chi connectivity index (χ3n) is 4.55. The van der Waals surface area contributed by atoms with E-state index in [-0.39, 0.29) is 12.1 Å². The van der Waals surface area contributed by atoms with Crippen molar-refractivity contribution in [3.05, 3.63) is 0 Å². The summed E-state index contributed by atoms with van der Waals surface area (Å²) in [4.78, 5) is 27.4. The van der Waals surface area contributed by atoms with E-state index in [1.54, 1.807) is 28.6 Å². The first-order chi connectivity index (χ1) is 9.56. The average molecular weight is 300 g/mol. The van der Waals surface area contributed by atoms with E-state index in [4.69, 9.17) is 0 Å². The van der Waals surface area contributed by atoms with Crippen LogP contribution in [0.2, 0.25) is 0 Å². The minimum absolute atomic E-state index is 0.110. The van der Waals surface area contributed by atoms with Gasteiger partial charge in [0.25, 0.3) is 0 Å². The molecule has 2 fully saturated rings. The number of carboxylic acids is 1. The largest absolute Gasteiger partial charge is 0.480 e. The number of carbonyl (C=O) groups is 2. The lowest BCUT2D eigenvalue weighted by molar-refractivity contribution is -0.141. The van der Waals surface area contributed by atoms with Crippen molar-refractivity contribution in [2.75, 3.05) is 25.6 Å². The lowest BCUT2D eigenvalue weighted by Gasteiger charge is -2.35. The second-order valence-corrected chi connectivity index (χ2v) is 6.79. The molecule has 0 bridgehead atoms. The fraction of sp³-hybridized carbons (Fsp3) is 0.857. The zero-order valence-electron chi connectivity index (χ0n) is 12.2. The Balaban J connectivity index is 2.12. The number of carbonyl (C=O) groups excluding carboxylic acids is 1. The summed E-state index contributed by atoms with van der Waals surface area (Å²) in [5, 5.41) is 9.42. The van der Waals surface area contributed by atoms with Crippen molar-refractivity contribution in [2.24, 2.45) is 5.92 Å². The first-order valence-corrected chi connectivity index (χ1v) is 8.70. The molecule has 20 heavy (non-hydrogen) atoms. The zero-order valence-corrected chi connectivity index (χ0v) is 13.1. The molecule has 5 nitrogen and oxygen atoms in total. The molecule has 0 aromatic rings. The fourth-order valence-corrected chi connectivity index (χ4v) is 3.93. The van der Waals surface area contributed by atoms with Crippen LogP contribution in [0.5, 0.6) is 0 Å². The molecule has 0 radical (unpaired) electrons. The lowest BCUT2D eigenvalue weighted by Crippen LogP contribution is -2.51. The van der Waals surface area contributed by atoms with Gasteiger partial charge in [-0.05, 0) is 31.4 Å². The Kier molecular flexibility index (Phi) is 5.18. The number of hydrogen-bond donors (Lipinski definition) is 1. The maximum absolute atomic E-state index is 12.6. The van der Waals surface area contributed by atoms with Crippen LogP contribution in [0.3, 0.4) is 0 Å². The second-order valence-electron chi connectivity index (χ2n) is 5.81. The van der Waals surface area contributed by atoms with Gasteiger partial charge in [0.15, 0.2) is 0 Å². The maximum Gasteiger partial charge on any atom is 0.326 e. The van der Waals surface area contributed by atoms with Crippen molar-refractivity contribution in [2.45, 2.75) is 44.2 Å². The van der Waals surface area contributed by atoms with Crippen LogP contribution in [-0.4, -0.2) is 64.6 Å². The Morgan fingerprint density at radius 2 is 2.05 bits per heavy atom. The number of amides is 2. The van der Waals surface area contributed by atoms with Gasteiger partial charge in [0.2, 0.25) is 0 Å². The normalized spacial score (nSPS) is 29.1. The van der Waals surface area contributed by atoms with Crippen LogP contribution in [-0.2, 0) is 4.79 Å². The minimum Gasteiger partial charge on any atom is -0.480 e. The predicted molar refractivity (Wildman–Crippen MR) is 80.0 cm³/mol. The Morgan fingerprint density at radius 3 is 2.70 bits per heavy atom. The molecule has 6 heteroatoms. The number of nitrogens with zero attached hydrogens (tertiary/aromatic N) is 2. The van der Waals surface area contributed by atoms with E-state index in [2.05, 4.69) is 0 Å². The average Bonchev–Trinajstić information content (AvgIpc) is 2.83. The molecule has 3 unspecified atom stereocenters. The third kappa shape index (κ3) is 3.05. The quantitative estimate of drug-likeness (QED) is 0.864. The topological polar surface area (TPSA) is 60.9 Å². The first kappa shape index (κ1) is 15.5. The van der Waals surface area contributed by atoms with Gasteiger partial charge in [-0.3, -0.25) is 0 Å². The van der Waals surface area contributed by atoms with Gasteiger partial charge in [-0.15, -0.1) is 0 Å². The SMILES string of the molecule is CSCCN(C)C(=O)N1C(C(=O)O)CC2CCCCC21. The molecule has 114 valence electrons. The number of hydrogen-bond acceptors (Lipinski definition) is 3. The lowest BCUT2D eigenvalue weighted by atomic mass is 9.85. The van der Waals surface area contributed by atoms with Crippen LogP contribution in [0.15, 0.2) is 0 Å². The highest BCUT2D eigenvalue weighted by Gasteiger charge is 2.48. The van der Waals surface area contributed by atoms with Gasteiger partial charge >= 0.3 is 12.0 Å². The van der Waals surface area contributed by atoms with Crippen LogP contribution in [0.1, 0.15) is 32.1 Å². The number of aliphatic carboxylic acids is 1. The van der Waals surface area contributed by atoms with Crippen LogP contribution in [0.4, 0.5) is 4.79 Å². The van der Waals surface area contributed by atoms with Gasteiger partial charge < -0.3 is 14.9 Å². The molecule has 3 atom stereocenters. The molecular weight excluding hydrogens is 276 g/mol. The summed E-state index contributed by atoms with van der Waals surface area (Å²) in [6, 6.07) is -0.609. The van der Waals surface area contributed by atoms with Crippen molar-refractivity contribution in [1.29, 1.82) is 0 Å². The standard InChI is InChI=1S/C14H24N2O3S/c1-15(7-8-20-2)14(19)16-11-6-4-3-5-10(11)9-12(16)13(17)18/h10-12H,3-9H2,1-2H3,(H,17,18). The van der Waals surface area contributed by atoms with Gasteiger partial charge in [-0.2, -0.15) is 11.8 Å². The Hall–Kier alpha value is -0.910. The number of urea groups is 1. The minimum atomic E-state index is -0.856. The molecule has 1 aliphatic heterocycles. The summed E-state index contributed by atoms with van der Waals surface area (Å²) in [6.07, 6.45) is 6.92. The van der Waals surface area contributed by atoms with E-state index in [0.29, 0.717) is 18.9 Å². The second kappa shape index (κ2) is 6.70. The molecular formula is C14H24N2O3S. The molecule has 1 saturated carbocycles. The fourth-order valence-electron chi connectivity index (χ4n) is 3.48. The van der Waals surface area contributed by atoms with Gasteiger partial charge in [0, 0.05) is 25.4 Å². The molecule has 1 heterocycles. The van der Waals surface area contributed by atoms with Gasteiger partial charge in [-0.25, -0.2) is 9.59 Å². The summed E-state index contributed by atoms with van der Waals surface area (Å²) in [6.45, 7) is 0.667. The van der Waals surface area contributed by atoms with Gasteiger partial charge in [-0.1, -0.05) is 12.8 Å². The summed E-state index contributed by atoms with van der Waals surface area (Å²) in [7, 11) is 1.77. The maximum atomic E-state index is 12.6. The van der Waals surface area contributed by atoms with Crippen molar-refractivity contribution in [1.82, 2.24) is 9.80 Å². The molecule has 2 amide bonds. The molecule has 2 aliphatic rings. The van der Waals surface area contributed by atoms with Crippen molar-refractivity contribution >= 4 is 23.8 Å². The number of thioether (sulfide) groups is 1. The van der Waals surface area contributed by atoms with E-state index in [1.807, 2.05) is 6.26 Å². The highest BCUT2D eigenvalue weighted by atomic mass is 32.2. The number of likely N-dealkylation sites (tertiary alicyclic amines) is 1. The molecule has 1 saturated heterocycles. The third-order valence-corrected chi connectivity index (χ3v) is 5.14. The molecule has 0 aromatic carbocycles. The number of fused-ring (bicyclic) bond motifs is 1. The predicted octanol–water partition coefficient (Wildman–Crippen LogP) is 2.12. The molecule has 2 rings (SSSR count). The number of carboxylic acid groups (broad SMARTS) is 1. The highest BCUT2D eigenvalue weighted by Crippen LogP contribution is 2.40. The number of rotatable bonds is 4. The van der Waals surface area contributed by atoms with E-state index < -0.39 is 12.0 Å². The Labute approximate surface area is 124 Å². The first-order valence-electron chi connectivity index (χ1n) is 7.31. The zero-order chi connectivity index (χ0) is 14.7. The van der Waals surface area contributed by atoms with Crippen LogP contribution >= 0.6 is 11.8 Å². The monoisotopic (exact) mass is 300 g/mol. The smallest absolute Gasteiger partial charge is 0.326 e. The van der Waals surface area contributed by atoms with E-state index in [0.717, 1.165) is 31.4 Å². The van der Waals surface area contributed by atoms with E-state index in [9.17, 15) is 14.7 Å². The van der Waals surface area contributed by atoms with Crippen molar-refractivity contribution < 1.29 is 14.7 Å². The van der Waals surface area contributed by atoms with Crippen LogP contribution < -0.4 is 0 Å². The van der Waals surface area contributed by atoms with E-state index in [1.165, 1.54) is 0 Å². The van der Waals surface area contributed by atoms with Crippen molar-refractivity contribution in [3.8, 4) is 0 Å². The van der Waals surface area contributed by atoms with Crippen LogP contribution in [0, 0.1) is 5.92 Å². The summed E-state index contributed by atoms with van der Waals surface area (Å²) < 4.78 is 0. The van der Waals surface area contributed by atoms with Gasteiger partial charge in [0.05, 0.1) is 0 Å². The summed E-state index contributed by atoms with van der Waals surface area (Å²) in [5.74, 6) is 0.399. The van der Waals surface area contributed by atoms with Gasteiger partial charge in [0.1, 0.15) is 6.04 Å². The highest BCUT2D eigenvalue weighted by molar-refractivity contribution is 7.98. The Morgan fingerprint density at radius 1 is 1.35 bits per heavy atom. The Bertz CT molecular complexity index is 377. The van der Waals surface area contributed by atoms with Crippen LogP contribution in [0.25, 0.3) is 0 Å². The van der Waals surface area contributed by atoms with E-state index >= 15 is 0 Å². The molecule has 1 N–H and O–H groups in total. The summed E-state index contributed by atoms with van der Waals surface area (Å²) >= 11 is 1.69.